The Morgan fingerprint density at radius 3 is 2.55 bits per heavy atom. The first-order valence-electron chi connectivity index (χ1n) is 11.0. The van der Waals surface area contributed by atoms with Crippen LogP contribution < -0.4 is 10.1 Å². The Kier molecular flexibility index (Phi) is 6.28. The van der Waals surface area contributed by atoms with Crippen molar-refractivity contribution in [1.29, 1.82) is 0 Å². The molecule has 1 N–H and O–H groups in total. The summed E-state index contributed by atoms with van der Waals surface area (Å²) >= 11 is 0. The number of carbonyl (C=O) groups excluding carboxylic acids is 1. The fourth-order valence-electron chi connectivity index (χ4n) is 4.50. The van der Waals surface area contributed by atoms with Crippen LogP contribution in [0, 0.1) is 0 Å². The van der Waals surface area contributed by atoms with Gasteiger partial charge in [-0.15, -0.1) is 0 Å². The average Bonchev–Trinajstić information content (AvgIpc) is 3.18. The van der Waals surface area contributed by atoms with Crippen molar-refractivity contribution in [2.24, 2.45) is 0 Å². The molecule has 1 saturated heterocycles. The van der Waals surface area contributed by atoms with Gasteiger partial charge in [0.2, 0.25) is 5.91 Å². The Balaban J connectivity index is 1.53. The summed E-state index contributed by atoms with van der Waals surface area (Å²) in [6.07, 6.45) is 1.35. The van der Waals surface area contributed by atoms with Crippen molar-refractivity contribution in [1.82, 2.24) is 14.9 Å². The highest BCUT2D eigenvalue weighted by atomic mass is 16.5. The maximum atomic E-state index is 13.5. The Morgan fingerprint density at radius 2 is 1.87 bits per heavy atom. The molecule has 0 bridgehead atoms. The standard InChI is InChI=1S/C25H31N3O3/c1-18(2)23-27-21-6-4-5-7-22(21)28(23)15-14-26-24(29)25(12-16-31-17-13-25)19-8-10-20(30-3)11-9-19/h4-11,18H,12-17H2,1-3H3,(H,26,29). The molecule has 1 aromatic heterocycles. The molecule has 0 radical (unpaired) electrons. The van der Waals surface area contributed by atoms with E-state index in [0.717, 1.165) is 28.2 Å². The number of fused-ring (bicyclic) bond motifs is 1. The highest BCUT2D eigenvalue weighted by Crippen LogP contribution is 2.36. The summed E-state index contributed by atoms with van der Waals surface area (Å²) in [5.41, 5.74) is 2.56. The smallest absolute Gasteiger partial charge is 0.230 e. The summed E-state index contributed by atoms with van der Waals surface area (Å²) < 4.78 is 13.1. The number of aromatic nitrogens is 2. The number of imidazole rings is 1. The van der Waals surface area contributed by atoms with Crippen LogP contribution in [0.1, 0.15) is 44.0 Å². The molecule has 6 heteroatoms. The van der Waals surface area contributed by atoms with Crippen LogP contribution in [-0.2, 0) is 21.5 Å². The lowest BCUT2D eigenvalue weighted by Gasteiger charge is -2.36. The van der Waals surface area contributed by atoms with Crippen LogP contribution in [0.5, 0.6) is 5.75 Å². The fourth-order valence-corrected chi connectivity index (χ4v) is 4.50. The second kappa shape index (κ2) is 9.10. The van der Waals surface area contributed by atoms with Gasteiger partial charge in [-0.05, 0) is 42.7 Å². The minimum absolute atomic E-state index is 0.0662. The van der Waals surface area contributed by atoms with Crippen LogP contribution in [0.25, 0.3) is 11.0 Å². The second-order valence-corrected chi connectivity index (χ2v) is 8.44. The molecule has 0 spiro atoms. The summed E-state index contributed by atoms with van der Waals surface area (Å²) in [6.45, 7) is 6.72. The minimum atomic E-state index is -0.567. The predicted molar refractivity (Wildman–Crippen MR) is 122 cm³/mol. The van der Waals surface area contributed by atoms with Gasteiger partial charge in [-0.1, -0.05) is 38.1 Å². The van der Waals surface area contributed by atoms with Gasteiger partial charge in [-0.2, -0.15) is 0 Å². The average molecular weight is 422 g/mol. The first kappa shape index (κ1) is 21.4. The molecule has 1 fully saturated rings. The zero-order valence-electron chi connectivity index (χ0n) is 18.6. The SMILES string of the molecule is COc1ccc(C2(C(=O)NCCn3c(C(C)C)nc4ccccc43)CCOCC2)cc1. The number of benzene rings is 2. The number of amides is 1. The first-order valence-corrected chi connectivity index (χ1v) is 11.0. The van der Waals surface area contributed by atoms with Gasteiger partial charge in [-0.3, -0.25) is 4.79 Å². The van der Waals surface area contributed by atoms with Gasteiger partial charge in [0.1, 0.15) is 11.6 Å². The molecule has 2 heterocycles. The lowest BCUT2D eigenvalue weighted by atomic mass is 9.73. The second-order valence-electron chi connectivity index (χ2n) is 8.44. The molecule has 0 saturated carbocycles. The number of rotatable bonds is 7. The molecular formula is C25H31N3O3. The largest absolute Gasteiger partial charge is 0.497 e. The number of hydrogen-bond donors (Lipinski definition) is 1. The molecule has 6 nitrogen and oxygen atoms in total. The summed E-state index contributed by atoms with van der Waals surface area (Å²) in [4.78, 5) is 18.3. The maximum absolute atomic E-state index is 13.5. The van der Waals surface area contributed by atoms with Gasteiger partial charge in [0.05, 0.1) is 23.6 Å². The molecule has 31 heavy (non-hydrogen) atoms. The van der Waals surface area contributed by atoms with Gasteiger partial charge in [0.25, 0.3) is 0 Å². The number of ether oxygens (including phenoxy) is 2. The van der Waals surface area contributed by atoms with Crippen LogP contribution in [0.3, 0.4) is 0 Å². The van der Waals surface area contributed by atoms with Gasteiger partial charge in [0, 0.05) is 32.2 Å². The molecule has 1 amide bonds. The normalized spacial score (nSPS) is 15.9. The third-order valence-electron chi connectivity index (χ3n) is 6.25. The van der Waals surface area contributed by atoms with Crippen molar-refractivity contribution in [3.8, 4) is 5.75 Å². The lowest BCUT2D eigenvalue weighted by Crippen LogP contribution is -2.48. The predicted octanol–water partition coefficient (Wildman–Crippen LogP) is 4.03. The van der Waals surface area contributed by atoms with Crippen molar-refractivity contribution in [3.05, 3.63) is 59.9 Å². The highest BCUT2D eigenvalue weighted by molar-refractivity contribution is 5.88. The van der Waals surface area contributed by atoms with Gasteiger partial charge >= 0.3 is 0 Å². The van der Waals surface area contributed by atoms with Crippen molar-refractivity contribution in [3.63, 3.8) is 0 Å². The van der Waals surface area contributed by atoms with E-state index in [1.807, 2.05) is 42.5 Å². The number of carbonyl (C=O) groups is 1. The Labute approximate surface area is 183 Å². The first-order chi connectivity index (χ1) is 15.0. The Morgan fingerprint density at radius 1 is 1.16 bits per heavy atom. The molecule has 0 aliphatic carbocycles. The van der Waals surface area contributed by atoms with Crippen molar-refractivity contribution < 1.29 is 14.3 Å². The topological polar surface area (TPSA) is 65.4 Å². The molecule has 0 atom stereocenters. The summed E-state index contributed by atoms with van der Waals surface area (Å²) in [6, 6.07) is 16.0. The molecule has 0 unspecified atom stereocenters. The zero-order chi connectivity index (χ0) is 21.8. The molecule has 164 valence electrons. The number of methoxy groups -OCH3 is 1. The van der Waals surface area contributed by atoms with Crippen molar-refractivity contribution in [2.75, 3.05) is 26.9 Å². The molecule has 4 rings (SSSR count). The number of nitrogens with one attached hydrogen (secondary N) is 1. The van der Waals surface area contributed by atoms with Gasteiger partial charge in [-0.25, -0.2) is 4.98 Å². The van der Waals surface area contributed by atoms with E-state index >= 15 is 0 Å². The maximum Gasteiger partial charge on any atom is 0.230 e. The number of hydrogen-bond acceptors (Lipinski definition) is 4. The van der Waals surface area contributed by atoms with Crippen LogP contribution in [0.15, 0.2) is 48.5 Å². The molecule has 1 aliphatic rings. The van der Waals surface area contributed by atoms with E-state index in [9.17, 15) is 4.79 Å². The molecule has 3 aromatic rings. The third-order valence-corrected chi connectivity index (χ3v) is 6.25. The van der Waals surface area contributed by atoms with E-state index in [1.54, 1.807) is 7.11 Å². The van der Waals surface area contributed by atoms with E-state index < -0.39 is 5.41 Å². The molecule has 1 aliphatic heterocycles. The number of nitrogens with zero attached hydrogens (tertiary/aromatic N) is 2. The third kappa shape index (κ3) is 4.17. The highest BCUT2D eigenvalue weighted by Gasteiger charge is 2.41. The van der Waals surface area contributed by atoms with Crippen LogP contribution in [0.2, 0.25) is 0 Å². The lowest BCUT2D eigenvalue weighted by molar-refractivity contribution is -0.130. The number of para-hydroxylation sites is 2. The fraction of sp³-hybridized carbons (Fsp3) is 0.440. The van der Waals surface area contributed by atoms with Crippen LogP contribution >= 0.6 is 0 Å². The Hall–Kier alpha value is -2.86. The monoisotopic (exact) mass is 421 g/mol. The van der Waals surface area contributed by atoms with E-state index in [4.69, 9.17) is 14.5 Å². The van der Waals surface area contributed by atoms with Crippen LogP contribution in [0.4, 0.5) is 0 Å². The van der Waals surface area contributed by atoms with Gasteiger partial charge < -0.3 is 19.4 Å². The quantitative estimate of drug-likeness (QED) is 0.625. The minimum Gasteiger partial charge on any atom is -0.497 e. The summed E-state index contributed by atoms with van der Waals surface area (Å²) in [5.74, 6) is 2.21. The summed E-state index contributed by atoms with van der Waals surface area (Å²) in [7, 11) is 1.65. The summed E-state index contributed by atoms with van der Waals surface area (Å²) in [5, 5.41) is 3.22. The zero-order valence-corrected chi connectivity index (χ0v) is 18.6. The van der Waals surface area contributed by atoms with Crippen molar-refractivity contribution in [2.45, 2.75) is 44.6 Å². The van der Waals surface area contributed by atoms with E-state index in [1.165, 1.54) is 0 Å². The van der Waals surface area contributed by atoms with E-state index in [2.05, 4.69) is 29.8 Å². The Bertz CT molecular complexity index is 1030. The molecule has 2 aromatic carbocycles. The van der Waals surface area contributed by atoms with E-state index in [0.29, 0.717) is 45.1 Å². The molecular weight excluding hydrogens is 390 g/mol. The van der Waals surface area contributed by atoms with Gasteiger partial charge in [0.15, 0.2) is 0 Å². The van der Waals surface area contributed by atoms with E-state index in [-0.39, 0.29) is 5.91 Å². The van der Waals surface area contributed by atoms with Crippen LogP contribution in [-0.4, -0.2) is 42.3 Å². The van der Waals surface area contributed by atoms with Crippen molar-refractivity contribution >= 4 is 16.9 Å².